The molecule has 0 unspecified atom stereocenters. The summed E-state index contributed by atoms with van der Waals surface area (Å²) >= 11 is 0. The van der Waals surface area contributed by atoms with Gasteiger partial charge in [-0.1, -0.05) is 6.07 Å². The maximum absolute atomic E-state index is 11.6. The Hall–Kier alpha value is -1.55. The molecule has 0 atom stereocenters. The molecule has 0 spiro atoms. The van der Waals surface area contributed by atoms with Crippen LogP contribution >= 0.6 is 0 Å². The molecule has 4 heteroatoms. The van der Waals surface area contributed by atoms with Gasteiger partial charge in [0.15, 0.2) is 0 Å². The fourth-order valence-corrected chi connectivity index (χ4v) is 1.75. The normalized spacial score (nSPS) is 11.5. The first-order valence-electron chi connectivity index (χ1n) is 4.90. The lowest BCUT2D eigenvalue weighted by molar-refractivity contribution is 0.402. The average Bonchev–Trinajstić information content (AvgIpc) is 2.41. The molecule has 0 aliphatic heterocycles. The highest BCUT2D eigenvalue weighted by atomic mass is 16.1. The molecule has 80 valence electrons. The quantitative estimate of drug-likeness (QED) is 0.792. The monoisotopic (exact) mass is 205 g/mol. The van der Waals surface area contributed by atoms with Crippen molar-refractivity contribution in [1.29, 1.82) is 0 Å². The van der Waals surface area contributed by atoms with Gasteiger partial charge < -0.3 is 4.90 Å². The minimum Gasteiger partial charge on any atom is -0.305 e. The number of hydrogen-bond acceptors (Lipinski definition) is 2. The van der Waals surface area contributed by atoms with Crippen LogP contribution in [0.4, 0.5) is 0 Å². The Balaban J connectivity index is 2.52. The zero-order valence-corrected chi connectivity index (χ0v) is 9.24. The lowest BCUT2D eigenvalue weighted by atomic mass is 10.1. The first-order valence-corrected chi connectivity index (χ1v) is 4.90. The summed E-state index contributed by atoms with van der Waals surface area (Å²) < 4.78 is 1.50. The molecule has 2 rings (SSSR count). The molecule has 0 bridgehead atoms. The summed E-state index contributed by atoms with van der Waals surface area (Å²) in [5, 5.41) is 3.78. The SMILES string of the molecule is CN(C)Cc1ccc2c(=O)n(C)[nH]c2c1. The van der Waals surface area contributed by atoms with Crippen molar-refractivity contribution in [2.45, 2.75) is 6.54 Å². The van der Waals surface area contributed by atoms with Crippen LogP contribution < -0.4 is 5.56 Å². The van der Waals surface area contributed by atoms with Gasteiger partial charge in [-0.2, -0.15) is 0 Å². The Morgan fingerprint density at radius 3 is 2.80 bits per heavy atom. The Morgan fingerprint density at radius 2 is 2.13 bits per heavy atom. The Morgan fingerprint density at radius 1 is 1.40 bits per heavy atom. The number of aromatic nitrogens is 2. The fraction of sp³-hybridized carbons (Fsp3) is 0.364. The summed E-state index contributed by atoms with van der Waals surface area (Å²) in [5.41, 5.74) is 2.14. The molecule has 1 aromatic carbocycles. The number of aryl methyl sites for hydroxylation is 1. The van der Waals surface area contributed by atoms with E-state index in [0.29, 0.717) is 0 Å². The summed E-state index contributed by atoms with van der Waals surface area (Å²) in [6.45, 7) is 0.882. The van der Waals surface area contributed by atoms with E-state index in [4.69, 9.17) is 0 Å². The minimum absolute atomic E-state index is 0.0291. The molecule has 0 radical (unpaired) electrons. The molecule has 15 heavy (non-hydrogen) atoms. The molecule has 0 aliphatic carbocycles. The lowest BCUT2D eigenvalue weighted by Gasteiger charge is -2.08. The van der Waals surface area contributed by atoms with Crippen molar-refractivity contribution in [3.8, 4) is 0 Å². The van der Waals surface area contributed by atoms with Gasteiger partial charge >= 0.3 is 0 Å². The van der Waals surface area contributed by atoms with Crippen LogP contribution in [0.25, 0.3) is 10.9 Å². The van der Waals surface area contributed by atoms with Crippen molar-refractivity contribution < 1.29 is 0 Å². The number of nitrogens with zero attached hydrogens (tertiary/aromatic N) is 2. The van der Waals surface area contributed by atoms with E-state index in [2.05, 4.69) is 10.00 Å². The van der Waals surface area contributed by atoms with Crippen molar-refractivity contribution in [1.82, 2.24) is 14.7 Å². The molecule has 1 heterocycles. The van der Waals surface area contributed by atoms with Crippen LogP contribution in [0.2, 0.25) is 0 Å². The number of aromatic amines is 1. The second-order valence-corrected chi connectivity index (χ2v) is 4.09. The number of fused-ring (bicyclic) bond motifs is 1. The van der Waals surface area contributed by atoms with E-state index in [1.165, 1.54) is 10.2 Å². The van der Waals surface area contributed by atoms with Gasteiger partial charge in [-0.05, 0) is 31.8 Å². The third-order valence-corrected chi connectivity index (χ3v) is 2.41. The first-order chi connectivity index (χ1) is 7.08. The summed E-state index contributed by atoms with van der Waals surface area (Å²) in [6.07, 6.45) is 0. The summed E-state index contributed by atoms with van der Waals surface area (Å²) in [7, 11) is 5.78. The molecule has 0 saturated carbocycles. The largest absolute Gasteiger partial charge is 0.305 e. The van der Waals surface area contributed by atoms with E-state index < -0.39 is 0 Å². The number of nitrogens with one attached hydrogen (secondary N) is 1. The maximum Gasteiger partial charge on any atom is 0.274 e. The second-order valence-electron chi connectivity index (χ2n) is 4.09. The van der Waals surface area contributed by atoms with E-state index in [1.54, 1.807) is 7.05 Å². The van der Waals surface area contributed by atoms with Crippen molar-refractivity contribution in [3.05, 3.63) is 34.1 Å². The highest BCUT2D eigenvalue weighted by molar-refractivity contribution is 5.78. The van der Waals surface area contributed by atoms with Crippen LogP contribution in [-0.4, -0.2) is 28.8 Å². The van der Waals surface area contributed by atoms with Crippen LogP contribution in [0.15, 0.2) is 23.0 Å². The van der Waals surface area contributed by atoms with Crippen molar-refractivity contribution >= 4 is 10.9 Å². The van der Waals surface area contributed by atoms with Crippen molar-refractivity contribution in [3.63, 3.8) is 0 Å². The number of hydrogen-bond donors (Lipinski definition) is 1. The fourth-order valence-electron chi connectivity index (χ4n) is 1.75. The van der Waals surface area contributed by atoms with E-state index in [1.807, 2.05) is 32.3 Å². The highest BCUT2D eigenvalue weighted by Gasteiger charge is 2.04. The van der Waals surface area contributed by atoms with Gasteiger partial charge in [-0.25, -0.2) is 0 Å². The molecule has 4 nitrogen and oxygen atoms in total. The third kappa shape index (κ3) is 1.80. The molecule has 1 N–H and O–H groups in total. The second kappa shape index (κ2) is 3.55. The van der Waals surface area contributed by atoms with Gasteiger partial charge in [0.05, 0.1) is 10.9 Å². The molecule has 0 saturated heterocycles. The summed E-state index contributed by atoms with van der Waals surface area (Å²) in [6, 6.07) is 5.90. The smallest absolute Gasteiger partial charge is 0.274 e. The Kier molecular flexibility index (Phi) is 2.36. The van der Waals surface area contributed by atoms with Gasteiger partial charge in [0.2, 0.25) is 0 Å². The average molecular weight is 205 g/mol. The number of benzene rings is 1. The molecule has 0 amide bonds. The Labute approximate surface area is 88.1 Å². The van der Waals surface area contributed by atoms with E-state index in [9.17, 15) is 4.79 Å². The van der Waals surface area contributed by atoms with Gasteiger partial charge in [-0.15, -0.1) is 0 Å². The molecule has 1 aromatic heterocycles. The number of rotatable bonds is 2. The predicted molar refractivity (Wildman–Crippen MR) is 60.9 cm³/mol. The van der Waals surface area contributed by atoms with Crippen LogP contribution in [0.1, 0.15) is 5.56 Å². The topological polar surface area (TPSA) is 41.0 Å². The zero-order chi connectivity index (χ0) is 11.0. The van der Waals surface area contributed by atoms with Gasteiger partial charge in [0.1, 0.15) is 0 Å². The maximum atomic E-state index is 11.6. The van der Waals surface area contributed by atoms with Crippen LogP contribution in [-0.2, 0) is 13.6 Å². The van der Waals surface area contributed by atoms with Crippen LogP contribution in [0, 0.1) is 0 Å². The lowest BCUT2D eigenvalue weighted by Crippen LogP contribution is -2.11. The minimum atomic E-state index is 0.0291. The first kappa shape index (κ1) is 9.98. The highest BCUT2D eigenvalue weighted by Crippen LogP contribution is 2.11. The Bertz CT molecular complexity index is 536. The molecule has 2 aromatic rings. The van der Waals surface area contributed by atoms with Crippen LogP contribution in [0.3, 0.4) is 0 Å². The van der Waals surface area contributed by atoms with E-state index in [0.717, 1.165) is 17.4 Å². The third-order valence-electron chi connectivity index (χ3n) is 2.41. The van der Waals surface area contributed by atoms with Crippen molar-refractivity contribution in [2.24, 2.45) is 7.05 Å². The predicted octanol–water partition coefficient (Wildman–Crippen LogP) is 0.928. The standard InChI is InChI=1S/C11H15N3O/c1-13(2)7-8-4-5-9-10(6-8)12-14(3)11(9)15/h4-6,12H,7H2,1-3H3. The molecular weight excluding hydrogens is 190 g/mol. The van der Waals surface area contributed by atoms with Gasteiger partial charge in [0, 0.05) is 13.6 Å². The molecule has 0 aliphatic rings. The summed E-state index contributed by atoms with van der Waals surface area (Å²) in [4.78, 5) is 13.7. The summed E-state index contributed by atoms with van der Waals surface area (Å²) in [5.74, 6) is 0. The zero-order valence-electron chi connectivity index (χ0n) is 9.24. The molecular formula is C11H15N3O. The van der Waals surface area contributed by atoms with E-state index >= 15 is 0 Å². The van der Waals surface area contributed by atoms with E-state index in [-0.39, 0.29) is 5.56 Å². The number of H-pyrrole nitrogens is 1. The van der Waals surface area contributed by atoms with Gasteiger partial charge in [-0.3, -0.25) is 14.6 Å². The van der Waals surface area contributed by atoms with Gasteiger partial charge in [0.25, 0.3) is 5.56 Å². The van der Waals surface area contributed by atoms with Crippen LogP contribution in [0.5, 0.6) is 0 Å². The molecule has 0 fully saturated rings. The van der Waals surface area contributed by atoms with Crippen molar-refractivity contribution in [2.75, 3.05) is 14.1 Å².